The van der Waals surface area contributed by atoms with Crippen LogP contribution in [0.2, 0.25) is 0 Å². The highest BCUT2D eigenvalue weighted by molar-refractivity contribution is 7.12. The molecule has 1 amide bonds. The zero-order valence-corrected chi connectivity index (χ0v) is 14.4. The highest BCUT2D eigenvalue weighted by Crippen LogP contribution is 2.23. The number of carbonyl (C=O) groups is 3. The van der Waals surface area contributed by atoms with Crippen LogP contribution in [-0.2, 0) is 4.79 Å². The Balaban J connectivity index is 1.47. The van der Waals surface area contributed by atoms with Crippen molar-refractivity contribution < 1.29 is 19.5 Å². The van der Waals surface area contributed by atoms with Gasteiger partial charge in [0.15, 0.2) is 5.78 Å². The molecule has 1 saturated heterocycles. The number of rotatable bonds is 6. The molecule has 8 heteroatoms. The number of carbonyl (C=O) groups excluding carboxylic acids is 2. The van der Waals surface area contributed by atoms with Crippen LogP contribution in [0.15, 0.2) is 29.9 Å². The van der Waals surface area contributed by atoms with Gasteiger partial charge in [0.05, 0.1) is 22.7 Å². The summed E-state index contributed by atoms with van der Waals surface area (Å²) < 4.78 is 1.67. The van der Waals surface area contributed by atoms with Gasteiger partial charge < -0.3 is 10.0 Å². The van der Waals surface area contributed by atoms with Gasteiger partial charge in [0, 0.05) is 32.1 Å². The fourth-order valence-corrected chi connectivity index (χ4v) is 3.66. The van der Waals surface area contributed by atoms with Gasteiger partial charge in [-0.25, -0.2) is 4.79 Å². The molecule has 0 bridgehead atoms. The average molecular weight is 361 g/mol. The molecule has 0 atom stereocenters. The highest BCUT2D eigenvalue weighted by atomic mass is 32.1. The maximum Gasteiger partial charge on any atom is 0.338 e. The number of carboxylic acid groups (broad SMARTS) is 1. The molecule has 7 nitrogen and oxygen atoms in total. The Hall–Kier alpha value is -2.48. The second-order valence-electron chi connectivity index (χ2n) is 6.03. The molecule has 3 heterocycles. The number of amides is 1. The van der Waals surface area contributed by atoms with E-state index in [4.69, 9.17) is 5.11 Å². The van der Waals surface area contributed by atoms with Crippen LogP contribution < -0.4 is 0 Å². The molecule has 1 aliphatic rings. The Morgan fingerprint density at radius 1 is 1.24 bits per heavy atom. The van der Waals surface area contributed by atoms with Crippen molar-refractivity contribution >= 4 is 29.0 Å². The normalized spacial score (nSPS) is 15.3. The maximum atomic E-state index is 12.3. The number of carboxylic acids is 1. The summed E-state index contributed by atoms with van der Waals surface area (Å²) in [7, 11) is 0. The van der Waals surface area contributed by atoms with Gasteiger partial charge in [-0.15, -0.1) is 11.3 Å². The van der Waals surface area contributed by atoms with E-state index in [-0.39, 0.29) is 36.1 Å². The number of aromatic carboxylic acids is 1. The van der Waals surface area contributed by atoms with Crippen LogP contribution in [0.5, 0.6) is 0 Å². The molecular weight excluding hydrogens is 342 g/mol. The lowest BCUT2D eigenvalue weighted by atomic mass is 10.0. The van der Waals surface area contributed by atoms with Crippen molar-refractivity contribution in [2.45, 2.75) is 31.7 Å². The monoisotopic (exact) mass is 361 g/mol. The van der Waals surface area contributed by atoms with E-state index in [9.17, 15) is 14.4 Å². The van der Waals surface area contributed by atoms with Crippen LogP contribution in [0.1, 0.15) is 51.8 Å². The predicted molar refractivity (Wildman–Crippen MR) is 91.9 cm³/mol. The molecule has 0 radical (unpaired) electrons. The van der Waals surface area contributed by atoms with Crippen molar-refractivity contribution in [1.82, 2.24) is 14.7 Å². The first-order valence-electron chi connectivity index (χ1n) is 8.16. The number of Topliss-reactive ketones (excluding diaryl/α,β-unsaturated/α-hetero) is 1. The third-order valence-corrected chi connectivity index (χ3v) is 5.31. The van der Waals surface area contributed by atoms with Crippen molar-refractivity contribution in [3.8, 4) is 0 Å². The molecule has 25 heavy (non-hydrogen) atoms. The molecule has 132 valence electrons. The molecule has 0 saturated carbocycles. The lowest BCUT2D eigenvalue weighted by Gasteiger charge is -2.32. The largest absolute Gasteiger partial charge is 0.478 e. The average Bonchev–Trinajstić information content (AvgIpc) is 3.31. The molecule has 2 aromatic rings. The second kappa shape index (κ2) is 7.60. The van der Waals surface area contributed by atoms with E-state index < -0.39 is 5.97 Å². The van der Waals surface area contributed by atoms with E-state index in [2.05, 4.69) is 5.10 Å². The quantitative estimate of drug-likeness (QED) is 0.798. The molecule has 0 spiro atoms. The van der Waals surface area contributed by atoms with Crippen LogP contribution in [-0.4, -0.2) is 50.5 Å². The molecule has 0 unspecified atom stereocenters. The minimum absolute atomic E-state index is 0.00459. The summed E-state index contributed by atoms with van der Waals surface area (Å²) in [4.78, 5) is 37.6. The Bertz CT molecular complexity index is 761. The maximum absolute atomic E-state index is 12.3. The lowest BCUT2D eigenvalue weighted by molar-refractivity contribution is -0.132. The summed E-state index contributed by atoms with van der Waals surface area (Å²) in [5, 5.41) is 14.9. The topological polar surface area (TPSA) is 92.5 Å². The van der Waals surface area contributed by atoms with Crippen molar-refractivity contribution in [1.29, 1.82) is 0 Å². The van der Waals surface area contributed by atoms with Gasteiger partial charge in [-0.3, -0.25) is 14.3 Å². The van der Waals surface area contributed by atoms with Crippen molar-refractivity contribution in [2.24, 2.45) is 0 Å². The summed E-state index contributed by atoms with van der Waals surface area (Å²) in [5.41, 5.74) is 0.172. The first kappa shape index (κ1) is 17.3. The Morgan fingerprint density at radius 2 is 2.00 bits per heavy atom. The van der Waals surface area contributed by atoms with Crippen LogP contribution in [0.4, 0.5) is 0 Å². The van der Waals surface area contributed by atoms with Crippen molar-refractivity contribution in [3.05, 3.63) is 40.3 Å². The summed E-state index contributed by atoms with van der Waals surface area (Å²) >= 11 is 1.39. The summed E-state index contributed by atoms with van der Waals surface area (Å²) in [5.74, 6) is -0.986. The number of ketones is 1. The minimum atomic E-state index is -0.991. The van der Waals surface area contributed by atoms with Crippen LogP contribution in [0, 0.1) is 0 Å². The third-order valence-electron chi connectivity index (χ3n) is 4.40. The van der Waals surface area contributed by atoms with Crippen LogP contribution in [0.25, 0.3) is 0 Å². The highest BCUT2D eigenvalue weighted by Gasteiger charge is 2.25. The molecular formula is C17H19N3O4S. The fourth-order valence-electron chi connectivity index (χ4n) is 2.97. The number of thiophene rings is 1. The minimum Gasteiger partial charge on any atom is -0.478 e. The SMILES string of the molecule is O=C(O)c1cnn(C2CCN(C(=O)CCC(=O)c3cccs3)CC2)c1. The van der Waals surface area contributed by atoms with E-state index in [0.29, 0.717) is 18.0 Å². The van der Waals surface area contributed by atoms with Gasteiger partial charge >= 0.3 is 5.97 Å². The number of hydrogen-bond acceptors (Lipinski definition) is 5. The molecule has 3 rings (SSSR count). The molecule has 1 fully saturated rings. The fraction of sp³-hybridized carbons (Fsp3) is 0.412. The van der Waals surface area contributed by atoms with Gasteiger partial charge in [0.1, 0.15) is 0 Å². The first-order chi connectivity index (χ1) is 12.0. The van der Waals surface area contributed by atoms with Gasteiger partial charge in [-0.2, -0.15) is 5.10 Å². The van der Waals surface area contributed by atoms with Crippen molar-refractivity contribution in [3.63, 3.8) is 0 Å². The lowest BCUT2D eigenvalue weighted by Crippen LogP contribution is -2.39. The smallest absolute Gasteiger partial charge is 0.338 e. The standard InChI is InChI=1S/C17H19N3O4S/c21-14(15-2-1-9-25-15)3-4-16(22)19-7-5-13(6-8-19)20-11-12(10-18-20)17(23)24/h1-2,9-11,13H,3-8H2,(H,23,24). The number of piperidine rings is 1. The zero-order valence-electron chi connectivity index (χ0n) is 13.6. The van der Waals surface area contributed by atoms with Gasteiger partial charge in [0.2, 0.25) is 5.91 Å². The molecule has 2 aromatic heterocycles. The number of aromatic nitrogens is 2. The Morgan fingerprint density at radius 3 is 2.60 bits per heavy atom. The summed E-state index contributed by atoms with van der Waals surface area (Å²) in [6.07, 6.45) is 4.80. The zero-order chi connectivity index (χ0) is 17.8. The third kappa shape index (κ3) is 4.14. The first-order valence-corrected chi connectivity index (χ1v) is 9.04. The number of hydrogen-bond donors (Lipinski definition) is 1. The van der Waals surface area contributed by atoms with Gasteiger partial charge in [-0.1, -0.05) is 6.07 Å². The second-order valence-corrected chi connectivity index (χ2v) is 6.97. The Kier molecular flexibility index (Phi) is 5.28. The van der Waals surface area contributed by atoms with Crippen LogP contribution in [0.3, 0.4) is 0 Å². The summed E-state index contributed by atoms with van der Waals surface area (Å²) in [6.45, 7) is 1.19. The van der Waals surface area contributed by atoms with Gasteiger partial charge in [0.25, 0.3) is 0 Å². The van der Waals surface area contributed by atoms with E-state index in [1.807, 2.05) is 11.4 Å². The van der Waals surface area contributed by atoms with E-state index >= 15 is 0 Å². The van der Waals surface area contributed by atoms with Crippen molar-refractivity contribution in [2.75, 3.05) is 13.1 Å². The van der Waals surface area contributed by atoms with E-state index in [0.717, 1.165) is 12.8 Å². The number of nitrogens with zero attached hydrogens (tertiary/aromatic N) is 3. The van der Waals surface area contributed by atoms with E-state index in [1.165, 1.54) is 23.7 Å². The van der Waals surface area contributed by atoms with Gasteiger partial charge in [-0.05, 0) is 24.3 Å². The summed E-state index contributed by atoms with van der Waals surface area (Å²) in [6, 6.07) is 3.71. The molecule has 0 aliphatic carbocycles. The predicted octanol–water partition coefficient (Wildman–Crippen LogP) is 2.47. The molecule has 0 aromatic carbocycles. The molecule has 1 aliphatic heterocycles. The van der Waals surface area contributed by atoms with E-state index in [1.54, 1.807) is 15.6 Å². The molecule has 1 N–H and O–H groups in total. The number of likely N-dealkylation sites (tertiary alicyclic amines) is 1. The Labute approximate surface area is 148 Å². The van der Waals surface area contributed by atoms with Crippen LogP contribution >= 0.6 is 11.3 Å².